The summed E-state index contributed by atoms with van der Waals surface area (Å²) < 4.78 is 24.1. The van der Waals surface area contributed by atoms with Gasteiger partial charge in [-0.05, 0) is 43.3 Å². The average molecular weight is 318 g/mol. The molecule has 5 nitrogen and oxygen atoms in total. The number of hydrogen-bond acceptors (Lipinski definition) is 3. The fourth-order valence-corrected chi connectivity index (χ4v) is 2.36. The molecule has 116 valence electrons. The van der Waals surface area contributed by atoms with Crippen LogP contribution in [0.1, 0.15) is 15.9 Å². The third-order valence-corrected chi connectivity index (χ3v) is 4.51. The monoisotopic (exact) mass is 318 g/mol. The van der Waals surface area contributed by atoms with Crippen molar-refractivity contribution in [3.05, 3.63) is 59.7 Å². The Morgan fingerprint density at radius 3 is 2.05 bits per heavy atom. The molecule has 0 atom stereocenters. The van der Waals surface area contributed by atoms with Gasteiger partial charge in [0.15, 0.2) is 0 Å². The number of sulfonamides is 1. The lowest BCUT2D eigenvalue weighted by Crippen LogP contribution is -2.24. The smallest absolute Gasteiger partial charge is 0.255 e. The number of nitrogens with one attached hydrogen (secondary N) is 1. The van der Waals surface area contributed by atoms with Crippen molar-refractivity contribution >= 4 is 27.3 Å². The molecule has 1 N–H and O–H groups in total. The normalized spacial score (nSPS) is 11.0. The Morgan fingerprint density at radius 1 is 1.00 bits per heavy atom. The first-order chi connectivity index (χ1) is 10.3. The van der Waals surface area contributed by atoms with Crippen molar-refractivity contribution in [3.63, 3.8) is 0 Å². The quantitative estimate of drug-likeness (QED) is 0.942. The van der Waals surface area contributed by atoms with E-state index in [0.29, 0.717) is 16.9 Å². The van der Waals surface area contributed by atoms with Crippen molar-refractivity contribution in [1.82, 2.24) is 0 Å². The van der Waals surface area contributed by atoms with Gasteiger partial charge in [0.1, 0.15) is 0 Å². The van der Waals surface area contributed by atoms with Crippen LogP contribution >= 0.6 is 0 Å². The predicted octanol–water partition coefficient (Wildman–Crippen LogP) is 2.64. The summed E-state index contributed by atoms with van der Waals surface area (Å²) in [6.07, 6.45) is 1.14. The highest BCUT2D eigenvalue weighted by molar-refractivity contribution is 7.92. The van der Waals surface area contributed by atoms with Crippen molar-refractivity contribution in [2.45, 2.75) is 6.92 Å². The van der Waals surface area contributed by atoms with Crippen LogP contribution in [0.4, 0.5) is 11.4 Å². The Kier molecular flexibility index (Phi) is 4.51. The van der Waals surface area contributed by atoms with E-state index in [1.807, 2.05) is 19.1 Å². The Balaban J connectivity index is 2.11. The molecule has 0 aliphatic rings. The maximum absolute atomic E-state index is 12.1. The topological polar surface area (TPSA) is 66.5 Å². The van der Waals surface area contributed by atoms with Gasteiger partial charge in [0, 0.05) is 18.3 Å². The molecule has 22 heavy (non-hydrogen) atoms. The second-order valence-corrected chi connectivity index (χ2v) is 7.11. The van der Waals surface area contributed by atoms with Gasteiger partial charge < -0.3 is 5.32 Å². The number of benzene rings is 2. The number of nitrogens with zero attached hydrogens (tertiary/aromatic N) is 1. The first-order valence-electron chi connectivity index (χ1n) is 6.69. The summed E-state index contributed by atoms with van der Waals surface area (Å²) in [6, 6.07) is 13.9. The molecule has 0 unspecified atom stereocenters. The summed E-state index contributed by atoms with van der Waals surface area (Å²) >= 11 is 0. The Labute approximate surface area is 130 Å². The molecule has 0 aliphatic heterocycles. The van der Waals surface area contributed by atoms with Crippen molar-refractivity contribution < 1.29 is 13.2 Å². The van der Waals surface area contributed by atoms with Gasteiger partial charge in [-0.2, -0.15) is 0 Å². The van der Waals surface area contributed by atoms with E-state index in [2.05, 4.69) is 5.32 Å². The van der Waals surface area contributed by atoms with Crippen LogP contribution in [0.15, 0.2) is 48.5 Å². The third-order valence-electron chi connectivity index (χ3n) is 3.30. The summed E-state index contributed by atoms with van der Waals surface area (Å²) in [6.45, 7) is 1.96. The Bertz CT molecular complexity index is 766. The van der Waals surface area contributed by atoms with E-state index in [1.54, 1.807) is 36.4 Å². The lowest BCUT2D eigenvalue weighted by molar-refractivity contribution is 0.102. The molecule has 6 heteroatoms. The highest BCUT2D eigenvalue weighted by atomic mass is 32.2. The van der Waals surface area contributed by atoms with Gasteiger partial charge in [0.05, 0.1) is 11.9 Å². The standard InChI is InChI=1S/C16H18N2O3S/c1-12-4-6-13(7-5-12)16(19)17-14-8-10-15(11-9-14)18(2)22(3,20)21/h4-11H,1-3H3,(H,17,19). The number of aryl methyl sites for hydroxylation is 1. The molecule has 0 saturated carbocycles. The molecule has 0 fully saturated rings. The zero-order valence-corrected chi connectivity index (χ0v) is 13.5. The highest BCUT2D eigenvalue weighted by Gasteiger charge is 2.12. The summed E-state index contributed by atoms with van der Waals surface area (Å²) in [4.78, 5) is 12.1. The second-order valence-electron chi connectivity index (χ2n) is 5.10. The van der Waals surface area contributed by atoms with E-state index in [0.717, 1.165) is 11.8 Å². The number of rotatable bonds is 4. The number of hydrogen-bond donors (Lipinski definition) is 1. The fraction of sp³-hybridized carbons (Fsp3) is 0.188. The van der Waals surface area contributed by atoms with E-state index in [9.17, 15) is 13.2 Å². The average Bonchev–Trinajstić information content (AvgIpc) is 2.47. The van der Waals surface area contributed by atoms with Crippen molar-refractivity contribution in [2.24, 2.45) is 0 Å². The van der Waals surface area contributed by atoms with Crippen LogP contribution in [-0.2, 0) is 10.0 Å². The first-order valence-corrected chi connectivity index (χ1v) is 8.54. The maximum atomic E-state index is 12.1. The zero-order chi connectivity index (χ0) is 16.3. The van der Waals surface area contributed by atoms with Crippen LogP contribution in [0.5, 0.6) is 0 Å². The van der Waals surface area contributed by atoms with E-state index in [1.165, 1.54) is 11.4 Å². The van der Waals surface area contributed by atoms with Crippen LogP contribution in [0.25, 0.3) is 0 Å². The molecule has 0 spiro atoms. The molecule has 0 saturated heterocycles. The van der Waals surface area contributed by atoms with Crippen molar-refractivity contribution in [2.75, 3.05) is 22.9 Å². The lowest BCUT2D eigenvalue weighted by Gasteiger charge is -2.16. The van der Waals surface area contributed by atoms with Crippen LogP contribution in [0.2, 0.25) is 0 Å². The summed E-state index contributed by atoms with van der Waals surface area (Å²) in [5.74, 6) is -0.204. The summed E-state index contributed by atoms with van der Waals surface area (Å²) in [5, 5.41) is 2.78. The molecule has 0 bridgehead atoms. The minimum Gasteiger partial charge on any atom is -0.322 e. The van der Waals surface area contributed by atoms with E-state index >= 15 is 0 Å². The van der Waals surface area contributed by atoms with Gasteiger partial charge in [0.2, 0.25) is 10.0 Å². The van der Waals surface area contributed by atoms with E-state index in [-0.39, 0.29) is 5.91 Å². The highest BCUT2D eigenvalue weighted by Crippen LogP contribution is 2.19. The maximum Gasteiger partial charge on any atom is 0.255 e. The van der Waals surface area contributed by atoms with E-state index in [4.69, 9.17) is 0 Å². The molecule has 0 radical (unpaired) electrons. The lowest BCUT2D eigenvalue weighted by atomic mass is 10.1. The number of carbonyl (C=O) groups is 1. The molecular formula is C16H18N2O3S. The van der Waals surface area contributed by atoms with Crippen LogP contribution < -0.4 is 9.62 Å². The number of carbonyl (C=O) groups excluding carboxylic acids is 1. The summed E-state index contributed by atoms with van der Waals surface area (Å²) in [5.41, 5.74) is 2.81. The number of anilines is 2. The second kappa shape index (κ2) is 6.19. The molecule has 2 aromatic rings. The van der Waals surface area contributed by atoms with E-state index < -0.39 is 10.0 Å². The predicted molar refractivity (Wildman–Crippen MR) is 88.8 cm³/mol. The Hall–Kier alpha value is -2.34. The third kappa shape index (κ3) is 3.85. The first kappa shape index (κ1) is 16.0. The number of amides is 1. The molecule has 0 heterocycles. The van der Waals surface area contributed by atoms with Crippen LogP contribution in [0.3, 0.4) is 0 Å². The summed E-state index contributed by atoms with van der Waals surface area (Å²) in [7, 11) is -1.81. The fourth-order valence-electron chi connectivity index (χ4n) is 1.85. The van der Waals surface area contributed by atoms with Gasteiger partial charge >= 0.3 is 0 Å². The van der Waals surface area contributed by atoms with Crippen molar-refractivity contribution in [3.8, 4) is 0 Å². The molecule has 1 amide bonds. The largest absolute Gasteiger partial charge is 0.322 e. The Morgan fingerprint density at radius 2 is 1.55 bits per heavy atom. The van der Waals surface area contributed by atoms with Crippen LogP contribution in [0, 0.1) is 6.92 Å². The van der Waals surface area contributed by atoms with Crippen molar-refractivity contribution in [1.29, 1.82) is 0 Å². The van der Waals surface area contributed by atoms with Crippen LogP contribution in [-0.4, -0.2) is 27.6 Å². The van der Waals surface area contributed by atoms with Gasteiger partial charge in [-0.1, -0.05) is 17.7 Å². The van der Waals surface area contributed by atoms with Gasteiger partial charge in [-0.25, -0.2) is 8.42 Å². The SMILES string of the molecule is Cc1ccc(C(=O)Nc2ccc(N(C)S(C)(=O)=O)cc2)cc1. The molecule has 0 aliphatic carbocycles. The minimum absolute atomic E-state index is 0.204. The minimum atomic E-state index is -3.29. The zero-order valence-electron chi connectivity index (χ0n) is 12.7. The molecule has 2 rings (SSSR count). The molecule has 0 aromatic heterocycles. The van der Waals surface area contributed by atoms with Gasteiger partial charge in [0.25, 0.3) is 5.91 Å². The van der Waals surface area contributed by atoms with Gasteiger partial charge in [-0.3, -0.25) is 9.10 Å². The molecule has 2 aromatic carbocycles. The molecular weight excluding hydrogens is 300 g/mol. The van der Waals surface area contributed by atoms with Gasteiger partial charge in [-0.15, -0.1) is 0 Å².